The molecule has 2 nitrogen and oxygen atoms in total. The van der Waals surface area contributed by atoms with Crippen LogP contribution in [0, 0.1) is 0 Å². The highest BCUT2D eigenvalue weighted by Crippen LogP contribution is 2.34. The molecule has 0 unspecified atom stereocenters. The van der Waals surface area contributed by atoms with Gasteiger partial charge in [0.2, 0.25) is 0 Å². The van der Waals surface area contributed by atoms with Gasteiger partial charge in [0.25, 0.3) is 0 Å². The van der Waals surface area contributed by atoms with E-state index in [2.05, 4.69) is 36.4 Å². The van der Waals surface area contributed by atoms with Crippen LogP contribution in [-0.4, -0.2) is 11.4 Å². The lowest BCUT2D eigenvalue weighted by atomic mass is 10.1. The molecule has 122 valence electrons. The lowest BCUT2D eigenvalue weighted by Crippen LogP contribution is -2.10. The first-order chi connectivity index (χ1) is 12.9. The van der Waals surface area contributed by atoms with Gasteiger partial charge in [-0.2, -0.15) is 0 Å². The number of para-hydroxylation sites is 2. The van der Waals surface area contributed by atoms with Crippen molar-refractivity contribution in [3.05, 3.63) is 108 Å². The molecule has 0 radical (unpaired) electrons. The zero-order valence-electron chi connectivity index (χ0n) is 14.1. The number of benzene rings is 4. The molecular weight excluding hydrogens is 316 g/mol. The summed E-state index contributed by atoms with van der Waals surface area (Å²) in [6, 6.07) is 32.9. The molecule has 0 saturated heterocycles. The molecule has 0 amide bonds. The monoisotopic (exact) mass is 332 g/mol. The van der Waals surface area contributed by atoms with Crippen molar-refractivity contribution in [2.75, 3.05) is 0 Å². The van der Waals surface area contributed by atoms with Crippen molar-refractivity contribution in [2.45, 2.75) is 0 Å². The van der Waals surface area contributed by atoms with Gasteiger partial charge in [-0.05, 0) is 29.7 Å². The predicted molar refractivity (Wildman–Crippen MR) is 109 cm³/mol. The number of nitrogens with zero attached hydrogens (tertiary/aromatic N) is 2. The molecule has 4 aromatic carbocycles. The fraction of sp³-hybridized carbons (Fsp3) is 0. The third-order valence-electron chi connectivity index (χ3n) is 4.63. The standard InChI is InChI=1S/C24H16N2/c1-3-11-18(12-4-1)25-23-20-15-7-9-17-10-8-16-21(22(17)20)24(23)26-19-13-5-2-6-14-19/h1-16H. The van der Waals surface area contributed by atoms with Crippen molar-refractivity contribution in [3.63, 3.8) is 0 Å². The second-order valence-corrected chi connectivity index (χ2v) is 6.30. The Balaban J connectivity index is 1.80. The van der Waals surface area contributed by atoms with Gasteiger partial charge in [0.1, 0.15) is 0 Å². The first-order valence-corrected chi connectivity index (χ1v) is 8.70. The summed E-state index contributed by atoms with van der Waals surface area (Å²) in [5.41, 5.74) is 6.05. The Labute approximate surface area is 152 Å². The SMILES string of the molecule is c1ccc(N=C2C(=Nc3ccccc3)c3cccc4cccc2c34)cc1. The summed E-state index contributed by atoms with van der Waals surface area (Å²) in [5, 5.41) is 2.46. The van der Waals surface area contributed by atoms with E-state index >= 15 is 0 Å². The van der Waals surface area contributed by atoms with Gasteiger partial charge in [0.05, 0.1) is 22.8 Å². The van der Waals surface area contributed by atoms with Gasteiger partial charge in [-0.25, -0.2) is 9.98 Å². The van der Waals surface area contributed by atoms with Crippen molar-refractivity contribution in [1.82, 2.24) is 0 Å². The van der Waals surface area contributed by atoms with Crippen LogP contribution in [0.25, 0.3) is 10.8 Å². The first-order valence-electron chi connectivity index (χ1n) is 8.70. The van der Waals surface area contributed by atoms with E-state index in [4.69, 9.17) is 9.98 Å². The Morgan fingerprint density at radius 3 is 1.35 bits per heavy atom. The number of rotatable bonds is 2. The van der Waals surface area contributed by atoms with Gasteiger partial charge in [0, 0.05) is 16.5 Å². The van der Waals surface area contributed by atoms with Crippen LogP contribution in [0.2, 0.25) is 0 Å². The van der Waals surface area contributed by atoms with Crippen LogP contribution < -0.4 is 0 Å². The van der Waals surface area contributed by atoms with E-state index in [0.717, 1.165) is 33.9 Å². The topological polar surface area (TPSA) is 24.7 Å². The van der Waals surface area contributed by atoms with Crippen LogP contribution in [0.3, 0.4) is 0 Å². The number of hydrogen-bond donors (Lipinski definition) is 0. The summed E-state index contributed by atoms with van der Waals surface area (Å²) in [6.07, 6.45) is 0. The maximum absolute atomic E-state index is 4.96. The lowest BCUT2D eigenvalue weighted by Gasteiger charge is -2.04. The average Bonchev–Trinajstić information content (AvgIpc) is 2.99. The van der Waals surface area contributed by atoms with Crippen LogP contribution in [0.15, 0.2) is 107 Å². The summed E-state index contributed by atoms with van der Waals surface area (Å²) in [7, 11) is 0. The van der Waals surface area contributed by atoms with Gasteiger partial charge >= 0.3 is 0 Å². The van der Waals surface area contributed by atoms with Crippen molar-refractivity contribution in [2.24, 2.45) is 9.98 Å². The minimum atomic E-state index is 0.937. The molecule has 0 aliphatic heterocycles. The minimum Gasteiger partial charge on any atom is -0.246 e. The van der Waals surface area contributed by atoms with E-state index in [9.17, 15) is 0 Å². The largest absolute Gasteiger partial charge is 0.246 e. The third-order valence-corrected chi connectivity index (χ3v) is 4.63. The average molecular weight is 332 g/mol. The summed E-state index contributed by atoms with van der Waals surface area (Å²) < 4.78 is 0. The van der Waals surface area contributed by atoms with Gasteiger partial charge in [-0.3, -0.25) is 0 Å². The van der Waals surface area contributed by atoms with Gasteiger partial charge in [-0.15, -0.1) is 0 Å². The molecule has 4 aromatic rings. The molecule has 0 saturated carbocycles. The van der Waals surface area contributed by atoms with Crippen molar-refractivity contribution in [3.8, 4) is 0 Å². The molecule has 2 heteroatoms. The maximum atomic E-state index is 4.96. The third kappa shape index (κ3) is 2.44. The predicted octanol–water partition coefficient (Wildman–Crippen LogP) is 6.10. The smallest absolute Gasteiger partial charge is 0.0978 e. The fourth-order valence-corrected chi connectivity index (χ4v) is 3.48. The van der Waals surface area contributed by atoms with E-state index < -0.39 is 0 Å². The van der Waals surface area contributed by atoms with Crippen LogP contribution in [0.1, 0.15) is 11.1 Å². The molecule has 0 spiro atoms. The zero-order valence-corrected chi connectivity index (χ0v) is 14.1. The molecule has 0 fully saturated rings. The Morgan fingerprint density at radius 1 is 0.423 bits per heavy atom. The van der Waals surface area contributed by atoms with Crippen LogP contribution in [0.4, 0.5) is 11.4 Å². The maximum Gasteiger partial charge on any atom is 0.0978 e. The van der Waals surface area contributed by atoms with Crippen LogP contribution in [0.5, 0.6) is 0 Å². The second-order valence-electron chi connectivity index (χ2n) is 6.30. The zero-order chi connectivity index (χ0) is 17.3. The van der Waals surface area contributed by atoms with Crippen molar-refractivity contribution in [1.29, 1.82) is 0 Å². The van der Waals surface area contributed by atoms with Crippen molar-refractivity contribution >= 4 is 33.6 Å². The Morgan fingerprint density at radius 2 is 0.885 bits per heavy atom. The van der Waals surface area contributed by atoms with E-state index in [1.807, 2.05) is 60.7 Å². The quantitative estimate of drug-likeness (QED) is 0.424. The molecule has 1 aliphatic carbocycles. The second kappa shape index (κ2) is 6.08. The molecule has 0 aromatic heterocycles. The summed E-state index contributed by atoms with van der Waals surface area (Å²) >= 11 is 0. The van der Waals surface area contributed by atoms with Gasteiger partial charge in [0.15, 0.2) is 0 Å². The van der Waals surface area contributed by atoms with E-state index in [1.165, 1.54) is 10.8 Å². The molecule has 0 heterocycles. The minimum absolute atomic E-state index is 0.937. The summed E-state index contributed by atoms with van der Waals surface area (Å²) in [4.78, 5) is 9.92. The normalized spacial score (nSPS) is 15.8. The lowest BCUT2D eigenvalue weighted by molar-refractivity contribution is 1.50. The van der Waals surface area contributed by atoms with Gasteiger partial charge < -0.3 is 0 Å². The Hall–Kier alpha value is -3.52. The highest BCUT2D eigenvalue weighted by atomic mass is 14.8. The van der Waals surface area contributed by atoms with Crippen molar-refractivity contribution < 1.29 is 0 Å². The van der Waals surface area contributed by atoms with E-state index in [0.29, 0.717) is 0 Å². The highest BCUT2D eigenvalue weighted by molar-refractivity contribution is 6.61. The van der Waals surface area contributed by atoms with E-state index in [1.54, 1.807) is 0 Å². The Bertz CT molecular complexity index is 1070. The molecule has 26 heavy (non-hydrogen) atoms. The molecule has 0 N–H and O–H groups in total. The highest BCUT2D eigenvalue weighted by Gasteiger charge is 2.26. The van der Waals surface area contributed by atoms with Crippen LogP contribution >= 0.6 is 0 Å². The van der Waals surface area contributed by atoms with Crippen LogP contribution in [-0.2, 0) is 0 Å². The molecule has 1 aliphatic rings. The number of hydrogen-bond acceptors (Lipinski definition) is 2. The molecule has 5 rings (SSSR count). The molecule has 0 bridgehead atoms. The Kier molecular flexibility index (Phi) is 3.46. The number of aliphatic imine (C=N–C) groups is 2. The molecule has 0 atom stereocenters. The molecular formula is C24H16N2. The fourth-order valence-electron chi connectivity index (χ4n) is 3.48. The van der Waals surface area contributed by atoms with E-state index in [-0.39, 0.29) is 0 Å². The summed E-state index contributed by atoms with van der Waals surface area (Å²) in [6.45, 7) is 0. The summed E-state index contributed by atoms with van der Waals surface area (Å²) in [5.74, 6) is 0. The van der Waals surface area contributed by atoms with Gasteiger partial charge in [-0.1, -0.05) is 72.8 Å². The first kappa shape index (κ1) is 14.8.